The minimum atomic E-state index is -0.211. The maximum absolute atomic E-state index is 8.60. The molecule has 43 valence electrons. The summed E-state index contributed by atoms with van der Waals surface area (Å²) in [7, 11) is 0. The number of hydrogen-bond acceptors (Lipinski definition) is 2. The van der Waals surface area contributed by atoms with Crippen LogP contribution in [0.15, 0.2) is 0 Å². The molecular formula is C5H11O2. The summed E-state index contributed by atoms with van der Waals surface area (Å²) in [6, 6.07) is 0. The summed E-state index contributed by atoms with van der Waals surface area (Å²) in [6.07, 6.45) is 0.153. The second kappa shape index (κ2) is 2.99. The van der Waals surface area contributed by atoms with Crippen LogP contribution in [0, 0.1) is 12.0 Å². The summed E-state index contributed by atoms with van der Waals surface area (Å²) >= 11 is 0. The molecule has 0 aliphatic carbocycles. The SMILES string of the molecule is CC(C)[C](O)CO. The minimum absolute atomic E-state index is 0.0880. The van der Waals surface area contributed by atoms with Crippen molar-refractivity contribution in [2.24, 2.45) is 5.92 Å². The first-order chi connectivity index (χ1) is 3.18. The van der Waals surface area contributed by atoms with Crippen molar-refractivity contribution >= 4 is 0 Å². The second-order valence-electron chi connectivity index (χ2n) is 1.80. The molecular weight excluding hydrogens is 92.1 g/mol. The topological polar surface area (TPSA) is 40.5 Å². The lowest BCUT2D eigenvalue weighted by Gasteiger charge is -2.07. The van der Waals surface area contributed by atoms with Gasteiger partial charge in [-0.2, -0.15) is 0 Å². The van der Waals surface area contributed by atoms with Gasteiger partial charge in [0.15, 0.2) is 0 Å². The molecule has 0 bridgehead atoms. The van der Waals surface area contributed by atoms with Gasteiger partial charge in [0.1, 0.15) is 6.10 Å². The predicted octanol–water partition coefficient (Wildman–Crippen LogP) is 0.539. The van der Waals surface area contributed by atoms with Gasteiger partial charge in [0, 0.05) is 0 Å². The van der Waals surface area contributed by atoms with Crippen LogP contribution in [0.4, 0.5) is 0 Å². The zero-order valence-electron chi connectivity index (χ0n) is 4.68. The van der Waals surface area contributed by atoms with Crippen LogP contribution < -0.4 is 0 Å². The van der Waals surface area contributed by atoms with Crippen LogP contribution in [0.2, 0.25) is 0 Å². The highest BCUT2D eigenvalue weighted by molar-refractivity contribution is 4.76. The largest absolute Gasteiger partial charge is 0.393 e. The molecule has 0 aliphatic heterocycles. The van der Waals surface area contributed by atoms with Crippen LogP contribution in [-0.4, -0.2) is 16.8 Å². The van der Waals surface area contributed by atoms with Gasteiger partial charge in [0.05, 0.1) is 6.61 Å². The Morgan fingerprint density at radius 2 is 2.00 bits per heavy atom. The molecule has 2 heteroatoms. The highest BCUT2D eigenvalue weighted by atomic mass is 16.3. The summed E-state index contributed by atoms with van der Waals surface area (Å²) in [5, 5.41) is 16.8. The van der Waals surface area contributed by atoms with Gasteiger partial charge in [0.2, 0.25) is 0 Å². The maximum atomic E-state index is 8.60. The molecule has 0 aromatic heterocycles. The van der Waals surface area contributed by atoms with Crippen LogP contribution in [0.25, 0.3) is 0 Å². The molecule has 0 unspecified atom stereocenters. The van der Waals surface area contributed by atoms with Gasteiger partial charge in [0.25, 0.3) is 0 Å². The lowest BCUT2D eigenvalue weighted by atomic mass is 10.1. The predicted molar refractivity (Wildman–Crippen MR) is 27.1 cm³/mol. The van der Waals surface area contributed by atoms with Crippen molar-refractivity contribution in [3.05, 3.63) is 6.10 Å². The molecule has 0 saturated carbocycles. The third-order valence-corrected chi connectivity index (χ3v) is 0.828. The first kappa shape index (κ1) is 6.92. The van der Waals surface area contributed by atoms with Crippen LogP contribution in [-0.2, 0) is 0 Å². The van der Waals surface area contributed by atoms with E-state index in [1.807, 2.05) is 13.8 Å². The van der Waals surface area contributed by atoms with Gasteiger partial charge < -0.3 is 10.2 Å². The molecule has 0 aromatic carbocycles. The van der Waals surface area contributed by atoms with Crippen LogP contribution in [0.3, 0.4) is 0 Å². The second-order valence-corrected chi connectivity index (χ2v) is 1.80. The lowest BCUT2D eigenvalue weighted by molar-refractivity contribution is 0.153. The molecule has 0 aliphatic rings. The van der Waals surface area contributed by atoms with E-state index in [0.717, 1.165) is 0 Å². The quantitative estimate of drug-likeness (QED) is 0.535. The summed E-state index contributed by atoms with van der Waals surface area (Å²) in [6.45, 7) is 3.44. The number of hydrogen-bond donors (Lipinski definition) is 2. The molecule has 2 N–H and O–H groups in total. The van der Waals surface area contributed by atoms with E-state index in [2.05, 4.69) is 0 Å². The molecule has 0 spiro atoms. The van der Waals surface area contributed by atoms with E-state index in [1.165, 1.54) is 0 Å². The normalized spacial score (nSPS) is 11.1. The average Bonchev–Trinajstić information content (AvgIpc) is 1.65. The standard InChI is InChI=1S/C5H11O2/c1-4(2)5(7)3-6/h4,6-7H,3H2,1-2H3. The van der Waals surface area contributed by atoms with Crippen LogP contribution >= 0.6 is 0 Å². The fraction of sp³-hybridized carbons (Fsp3) is 0.800. The maximum Gasteiger partial charge on any atom is 0.121 e. The van der Waals surface area contributed by atoms with Gasteiger partial charge >= 0.3 is 0 Å². The van der Waals surface area contributed by atoms with E-state index in [9.17, 15) is 0 Å². The number of rotatable bonds is 2. The molecule has 0 atom stereocenters. The van der Waals surface area contributed by atoms with Crippen molar-refractivity contribution in [1.82, 2.24) is 0 Å². The van der Waals surface area contributed by atoms with E-state index in [4.69, 9.17) is 10.2 Å². The van der Waals surface area contributed by atoms with Crippen molar-refractivity contribution in [2.75, 3.05) is 6.61 Å². The summed E-state index contributed by atoms with van der Waals surface area (Å²) in [5.41, 5.74) is 0. The Labute approximate surface area is 43.8 Å². The molecule has 0 rings (SSSR count). The highest BCUT2D eigenvalue weighted by Gasteiger charge is 2.06. The van der Waals surface area contributed by atoms with Crippen LogP contribution in [0.1, 0.15) is 13.8 Å². The molecule has 1 radical (unpaired) electrons. The molecule has 0 saturated heterocycles. The Hall–Kier alpha value is -0.0800. The first-order valence-corrected chi connectivity index (χ1v) is 2.34. The fourth-order valence-electron chi connectivity index (χ4n) is 0.183. The third-order valence-electron chi connectivity index (χ3n) is 0.828. The third kappa shape index (κ3) is 2.60. The summed E-state index contributed by atoms with van der Waals surface area (Å²) < 4.78 is 0. The molecule has 2 nitrogen and oxygen atoms in total. The Bertz CT molecular complexity index is 43.3. The van der Waals surface area contributed by atoms with E-state index >= 15 is 0 Å². The Balaban J connectivity index is 3.14. The Kier molecular flexibility index (Phi) is 2.96. The zero-order valence-corrected chi connectivity index (χ0v) is 4.68. The van der Waals surface area contributed by atoms with Gasteiger partial charge in [-0.15, -0.1) is 0 Å². The Morgan fingerprint density at radius 1 is 1.57 bits per heavy atom. The summed E-state index contributed by atoms with van der Waals surface area (Å²) in [4.78, 5) is 0. The van der Waals surface area contributed by atoms with Crippen molar-refractivity contribution in [2.45, 2.75) is 13.8 Å². The Morgan fingerprint density at radius 3 is 2.00 bits per heavy atom. The van der Waals surface area contributed by atoms with Crippen molar-refractivity contribution < 1.29 is 10.2 Å². The monoisotopic (exact) mass is 103 g/mol. The van der Waals surface area contributed by atoms with E-state index in [1.54, 1.807) is 0 Å². The average molecular weight is 103 g/mol. The van der Waals surface area contributed by atoms with Gasteiger partial charge in [-0.3, -0.25) is 0 Å². The van der Waals surface area contributed by atoms with Gasteiger partial charge in [-0.25, -0.2) is 0 Å². The lowest BCUT2D eigenvalue weighted by Crippen LogP contribution is -2.08. The smallest absolute Gasteiger partial charge is 0.121 e. The van der Waals surface area contributed by atoms with E-state index in [-0.39, 0.29) is 18.6 Å². The minimum Gasteiger partial charge on any atom is -0.393 e. The van der Waals surface area contributed by atoms with E-state index < -0.39 is 0 Å². The molecule has 7 heavy (non-hydrogen) atoms. The van der Waals surface area contributed by atoms with Gasteiger partial charge in [-0.05, 0) is 5.92 Å². The van der Waals surface area contributed by atoms with Crippen LogP contribution in [0.5, 0.6) is 0 Å². The number of aliphatic hydroxyl groups is 2. The number of aliphatic hydroxyl groups excluding tert-OH is 2. The summed E-state index contributed by atoms with van der Waals surface area (Å²) in [5.74, 6) is 0.0880. The fourth-order valence-corrected chi connectivity index (χ4v) is 0.183. The van der Waals surface area contributed by atoms with Gasteiger partial charge in [-0.1, -0.05) is 13.8 Å². The molecule has 0 aromatic rings. The van der Waals surface area contributed by atoms with E-state index in [0.29, 0.717) is 0 Å². The molecule has 0 heterocycles. The molecule has 0 amide bonds. The van der Waals surface area contributed by atoms with Crippen molar-refractivity contribution in [3.8, 4) is 0 Å². The van der Waals surface area contributed by atoms with Crippen molar-refractivity contribution in [1.29, 1.82) is 0 Å². The zero-order chi connectivity index (χ0) is 5.86. The highest BCUT2D eigenvalue weighted by Crippen LogP contribution is 2.05. The van der Waals surface area contributed by atoms with Crippen molar-refractivity contribution in [3.63, 3.8) is 0 Å². The molecule has 0 fully saturated rings. The first-order valence-electron chi connectivity index (χ1n) is 2.34.